The summed E-state index contributed by atoms with van der Waals surface area (Å²) < 4.78 is 31.7. The molecule has 0 radical (unpaired) electrons. The van der Waals surface area contributed by atoms with Crippen LogP contribution in [0.5, 0.6) is 0 Å². The maximum Gasteiger partial charge on any atom is 0.243 e. The van der Waals surface area contributed by atoms with E-state index in [4.69, 9.17) is 10.5 Å². The van der Waals surface area contributed by atoms with Gasteiger partial charge in [0.15, 0.2) is 0 Å². The summed E-state index contributed by atoms with van der Waals surface area (Å²) in [7, 11) is -0.158. The number of piperazine rings is 1. The van der Waals surface area contributed by atoms with E-state index in [-0.39, 0.29) is 36.3 Å². The van der Waals surface area contributed by atoms with Gasteiger partial charge in [0.1, 0.15) is 6.04 Å². The largest absolute Gasteiger partial charge is 0.383 e. The zero-order valence-corrected chi connectivity index (χ0v) is 17.2. The summed E-state index contributed by atoms with van der Waals surface area (Å²) in [6.07, 6.45) is 0. The molecule has 2 rings (SSSR count). The number of hydrogen-bond donors (Lipinski definition) is 2. The Morgan fingerprint density at radius 1 is 1.27 bits per heavy atom. The molecule has 1 heterocycles. The minimum Gasteiger partial charge on any atom is -0.383 e. The number of nitrogens with zero attached hydrogens (tertiary/aromatic N) is 2. The van der Waals surface area contributed by atoms with Gasteiger partial charge in [0.05, 0.1) is 11.5 Å². The summed E-state index contributed by atoms with van der Waals surface area (Å²) in [6, 6.07) is 5.39. The average Bonchev–Trinajstić information content (AvgIpc) is 2.55. The smallest absolute Gasteiger partial charge is 0.243 e. The molecule has 0 aromatic heterocycles. The highest BCUT2D eigenvalue weighted by molar-refractivity contribution is 7.89. The minimum atomic E-state index is -3.57. The van der Waals surface area contributed by atoms with Crippen LogP contribution in [0.1, 0.15) is 0 Å². The highest BCUT2D eigenvalue weighted by atomic mass is 35.5. The molecule has 1 unspecified atom stereocenters. The van der Waals surface area contributed by atoms with E-state index in [0.29, 0.717) is 31.9 Å². The van der Waals surface area contributed by atoms with Gasteiger partial charge < -0.3 is 20.7 Å². The van der Waals surface area contributed by atoms with E-state index < -0.39 is 22.0 Å². The Kier molecular flexibility index (Phi) is 10.6. The van der Waals surface area contributed by atoms with Crippen molar-refractivity contribution in [3.63, 3.8) is 0 Å². The number of nitrogens with two attached hydrogens (primary N) is 1. The first kappa shape index (κ1) is 25.1. The van der Waals surface area contributed by atoms with Crippen LogP contribution < -0.4 is 11.1 Å². The highest BCUT2D eigenvalue weighted by Gasteiger charge is 2.27. The van der Waals surface area contributed by atoms with Crippen LogP contribution in [0.15, 0.2) is 29.2 Å². The van der Waals surface area contributed by atoms with Gasteiger partial charge in [-0.15, -0.1) is 24.8 Å². The lowest BCUT2D eigenvalue weighted by Crippen LogP contribution is -2.47. The molecule has 8 nitrogen and oxygen atoms in total. The predicted molar refractivity (Wildman–Crippen MR) is 106 cm³/mol. The molecule has 1 atom stereocenters. The van der Waals surface area contributed by atoms with Gasteiger partial charge in [-0.2, -0.15) is 4.31 Å². The first-order valence-electron chi connectivity index (χ1n) is 7.68. The van der Waals surface area contributed by atoms with Gasteiger partial charge in [0.25, 0.3) is 0 Å². The number of sulfonamides is 1. The molecule has 1 aliphatic heterocycles. The lowest BCUT2D eigenvalue weighted by Gasteiger charge is -2.31. The minimum absolute atomic E-state index is 0. The monoisotopic (exact) mass is 428 g/mol. The van der Waals surface area contributed by atoms with E-state index >= 15 is 0 Å². The lowest BCUT2D eigenvalue weighted by atomic mass is 10.2. The maximum absolute atomic E-state index is 12.7. The number of rotatable bonds is 6. The van der Waals surface area contributed by atoms with Crippen LogP contribution in [0, 0.1) is 0 Å². The molecule has 26 heavy (non-hydrogen) atoms. The zero-order valence-electron chi connectivity index (χ0n) is 14.8. The van der Waals surface area contributed by atoms with Gasteiger partial charge in [0.2, 0.25) is 15.9 Å². The Labute approximate surface area is 166 Å². The number of carbonyl (C=O) groups is 1. The van der Waals surface area contributed by atoms with Crippen molar-refractivity contribution in [3.8, 4) is 0 Å². The number of carbonyl (C=O) groups excluding carboxylic acids is 1. The van der Waals surface area contributed by atoms with E-state index in [0.717, 1.165) is 0 Å². The number of likely N-dealkylation sites (N-methyl/N-ethyl adjacent to an activating group) is 1. The molecule has 0 saturated carbocycles. The fourth-order valence-corrected chi connectivity index (χ4v) is 3.87. The van der Waals surface area contributed by atoms with Crippen molar-refractivity contribution in [1.82, 2.24) is 9.21 Å². The van der Waals surface area contributed by atoms with Crippen molar-refractivity contribution in [2.24, 2.45) is 5.73 Å². The quantitative estimate of drug-likeness (QED) is 0.678. The van der Waals surface area contributed by atoms with Crippen molar-refractivity contribution >= 4 is 46.4 Å². The predicted octanol–water partition coefficient (Wildman–Crippen LogP) is 0.379. The Balaban J connectivity index is 0.00000312. The Hall–Kier alpha value is -0.940. The van der Waals surface area contributed by atoms with E-state index in [2.05, 4.69) is 10.2 Å². The molecule has 1 saturated heterocycles. The molecule has 1 aromatic carbocycles. The number of halogens is 2. The number of amides is 1. The molecule has 3 N–H and O–H groups in total. The van der Waals surface area contributed by atoms with Gasteiger partial charge in [-0.1, -0.05) is 6.07 Å². The van der Waals surface area contributed by atoms with Gasteiger partial charge in [-0.3, -0.25) is 4.79 Å². The first-order chi connectivity index (χ1) is 11.3. The lowest BCUT2D eigenvalue weighted by molar-refractivity contribution is -0.118. The normalized spacial score (nSPS) is 16.9. The number of anilines is 1. The van der Waals surface area contributed by atoms with Crippen molar-refractivity contribution in [3.05, 3.63) is 24.3 Å². The molecule has 1 amide bonds. The van der Waals surface area contributed by atoms with Gasteiger partial charge >= 0.3 is 0 Å². The van der Waals surface area contributed by atoms with E-state index in [1.807, 2.05) is 7.05 Å². The highest BCUT2D eigenvalue weighted by Crippen LogP contribution is 2.20. The molecule has 1 fully saturated rings. The molecule has 11 heteroatoms. The van der Waals surface area contributed by atoms with Gasteiger partial charge in [-0.25, -0.2) is 8.42 Å². The number of benzene rings is 1. The van der Waals surface area contributed by atoms with Crippen molar-refractivity contribution in [2.75, 3.05) is 52.3 Å². The third-order valence-corrected chi connectivity index (χ3v) is 5.78. The molecular weight excluding hydrogens is 403 g/mol. The third kappa shape index (κ3) is 6.34. The van der Waals surface area contributed by atoms with Crippen molar-refractivity contribution in [1.29, 1.82) is 0 Å². The topological polar surface area (TPSA) is 105 Å². The summed E-state index contributed by atoms with van der Waals surface area (Å²) in [5.41, 5.74) is 6.05. The van der Waals surface area contributed by atoms with Crippen LogP contribution in [-0.2, 0) is 19.6 Å². The number of hydrogen-bond acceptors (Lipinski definition) is 6. The van der Waals surface area contributed by atoms with E-state index in [9.17, 15) is 13.2 Å². The van der Waals surface area contributed by atoms with Gasteiger partial charge in [-0.05, 0) is 25.2 Å². The third-order valence-electron chi connectivity index (χ3n) is 3.88. The molecule has 150 valence electrons. The molecule has 0 bridgehead atoms. The fourth-order valence-electron chi connectivity index (χ4n) is 2.40. The van der Waals surface area contributed by atoms with E-state index in [1.54, 1.807) is 12.1 Å². The Morgan fingerprint density at radius 3 is 2.46 bits per heavy atom. The first-order valence-corrected chi connectivity index (χ1v) is 9.12. The average molecular weight is 429 g/mol. The van der Waals surface area contributed by atoms with Crippen LogP contribution in [0.4, 0.5) is 5.69 Å². The second-order valence-corrected chi connectivity index (χ2v) is 7.72. The van der Waals surface area contributed by atoms with Crippen molar-refractivity contribution < 1.29 is 17.9 Å². The maximum atomic E-state index is 12.7. The SMILES string of the molecule is COCC(N)C(=O)Nc1cccc(S(=O)(=O)N2CCN(C)CC2)c1.Cl.Cl. The second kappa shape index (κ2) is 11.0. The summed E-state index contributed by atoms with van der Waals surface area (Å²) >= 11 is 0. The summed E-state index contributed by atoms with van der Waals surface area (Å²) in [4.78, 5) is 14.2. The standard InChI is InChI=1S/C15H24N4O4S.2ClH/c1-18-6-8-19(9-7-18)24(21,22)13-5-3-4-12(10-13)17-15(20)14(16)11-23-2;;/h3-5,10,14H,6-9,11,16H2,1-2H3,(H,17,20);2*1H. The molecular formula is C15H26Cl2N4O4S. The van der Waals surface area contributed by atoms with E-state index in [1.165, 1.54) is 23.5 Å². The molecule has 0 aliphatic carbocycles. The number of nitrogens with one attached hydrogen (secondary N) is 1. The van der Waals surface area contributed by atoms with Gasteiger partial charge in [0, 0.05) is 39.0 Å². The fraction of sp³-hybridized carbons (Fsp3) is 0.533. The number of ether oxygens (including phenoxy) is 1. The zero-order chi connectivity index (χ0) is 17.7. The summed E-state index contributed by atoms with van der Waals surface area (Å²) in [6.45, 7) is 2.39. The summed E-state index contributed by atoms with van der Waals surface area (Å²) in [5, 5.41) is 2.61. The van der Waals surface area contributed by atoms with Crippen LogP contribution in [0.3, 0.4) is 0 Å². The van der Waals surface area contributed by atoms with Crippen LogP contribution in [0.2, 0.25) is 0 Å². The Morgan fingerprint density at radius 2 is 1.88 bits per heavy atom. The molecule has 1 aromatic rings. The molecule has 0 spiro atoms. The molecule has 1 aliphatic rings. The van der Waals surface area contributed by atoms with Crippen molar-refractivity contribution in [2.45, 2.75) is 10.9 Å². The second-order valence-electron chi connectivity index (χ2n) is 5.79. The number of methoxy groups -OCH3 is 1. The van der Waals surface area contributed by atoms with Crippen LogP contribution in [0.25, 0.3) is 0 Å². The summed E-state index contributed by atoms with van der Waals surface area (Å²) in [5.74, 6) is -0.425. The van der Waals surface area contributed by atoms with Crippen LogP contribution >= 0.6 is 24.8 Å². The van der Waals surface area contributed by atoms with Crippen LogP contribution in [-0.4, -0.2) is 76.5 Å². The Bertz CT molecular complexity index is 682.